The van der Waals surface area contributed by atoms with E-state index in [2.05, 4.69) is 10.3 Å². The fraction of sp³-hybridized carbons (Fsp3) is 0.115. The van der Waals surface area contributed by atoms with Gasteiger partial charge >= 0.3 is 6.18 Å². The van der Waals surface area contributed by atoms with Crippen molar-refractivity contribution in [3.05, 3.63) is 123 Å². The molecule has 0 spiro atoms. The average molecular weight is 530 g/mol. The Labute approximate surface area is 213 Å². The molecule has 5 nitrogen and oxygen atoms in total. The number of carbonyl (C=O) groups is 2. The highest BCUT2D eigenvalue weighted by molar-refractivity contribution is 7.07. The molecule has 0 unspecified atom stereocenters. The summed E-state index contributed by atoms with van der Waals surface area (Å²) in [5.74, 6) is -0.987. The Hall–Kier alpha value is -3.69. The van der Waals surface area contributed by atoms with Gasteiger partial charge in [0, 0.05) is 28.7 Å². The van der Waals surface area contributed by atoms with Crippen LogP contribution in [0.5, 0.6) is 0 Å². The van der Waals surface area contributed by atoms with Gasteiger partial charge in [0.15, 0.2) is 4.80 Å². The van der Waals surface area contributed by atoms with Crippen LogP contribution in [0, 0.1) is 0 Å². The summed E-state index contributed by atoms with van der Waals surface area (Å²) in [6, 6.07) is 19.1. The lowest BCUT2D eigenvalue weighted by Gasteiger charge is -2.19. The Kier molecular flexibility index (Phi) is 7.71. The quantitative estimate of drug-likeness (QED) is 0.339. The van der Waals surface area contributed by atoms with E-state index in [9.17, 15) is 22.8 Å². The fourth-order valence-electron chi connectivity index (χ4n) is 3.55. The van der Waals surface area contributed by atoms with Crippen LogP contribution in [0.3, 0.4) is 0 Å². The maximum Gasteiger partial charge on any atom is 0.416 e. The minimum atomic E-state index is -4.48. The molecule has 3 aromatic carbocycles. The number of amides is 2. The number of alkyl halides is 3. The van der Waals surface area contributed by atoms with Crippen LogP contribution in [-0.4, -0.2) is 16.4 Å². The van der Waals surface area contributed by atoms with E-state index in [1.54, 1.807) is 64.7 Å². The molecule has 2 amide bonds. The van der Waals surface area contributed by atoms with Gasteiger partial charge < -0.3 is 9.88 Å². The molecule has 0 bridgehead atoms. The minimum absolute atomic E-state index is 0.106. The monoisotopic (exact) mass is 529 g/mol. The lowest BCUT2D eigenvalue weighted by Crippen LogP contribution is -2.36. The molecule has 0 aliphatic heterocycles. The molecule has 4 rings (SSSR count). The van der Waals surface area contributed by atoms with Gasteiger partial charge in [-0.15, -0.1) is 11.3 Å². The van der Waals surface area contributed by atoms with E-state index in [4.69, 9.17) is 11.6 Å². The van der Waals surface area contributed by atoms with Crippen molar-refractivity contribution in [2.45, 2.75) is 18.8 Å². The van der Waals surface area contributed by atoms with Crippen molar-refractivity contribution in [2.24, 2.45) is 4.99 Å². The van der Waals surface area contributed by atoms with Crippen molar-refractivity contribution in [2.75, 3.05) is 0 Å². The van der Waals surface area contributed by atoms with Gasteiger partial charge in [0.05, 0.1) is 5.56 Å². The highest BCUT2D eigenvalue weighted by Gasteiger charge is 2.30. The van der Waals surface area contributed by atoms with Crippen LogP contribution in [0.2, 0.25) is 5.02 Å². The number of nitrogens with zero attached hydrogens (tertiary/aromatic N) is 2. The molecule has 0 fully saturated rings. The van der Waals surface area contributed by atoms with Crippen molar-refractivity contribution in [1.82, 2.24) is 9.88 Å². The zero-order chi connectivity index (χ0) is 25.7. The maximum atomic E-state index is 13.4. The smallest absolute Gasteiger partial charge is 0.350 e. The number of hydrogen-bond donors (Lipinski definition) is 1. The van der Waals surface area contributed by atoms with Crippen molar-refractivity contribution in [3.8, 4) is 0 Å². The van der Waals surface area contributed by atoms with Crippen LogP contribution in [0.25, 0.3) is 0 Å². The largest absolute Gasteiger partial charge is 0.416 e. The predicted octanol–water partition coefficient (Wildman–Crippen LogP) is 5.87. The number of carbonyl (C=O) groups excluding carboxylic acids is 2. The number of rotatable bonds is 6. The summed E-state index contributed by atoms with van der Waals surface area (Å²) in [6.07, 6.45) is -2.85. The Morgan fingerprint density at radius 2 is 1.75 bits per heavy atom. The molecule has 0 aliphatic carbocycles. The second-order valence-corrected chi connectivity index (χ2v) is 9.06. The van der Waals surface area contributed by atoms with E-state index in [0.717, 1.165) is 12.1 Å². The summed E-state index contributed by atoms with van der Waals surface area (Å²) in [5.41, 5.74) is 0.435. The lowest BCUT2D eigenvalue weighted by molar-refractivity contribution is -0.137. The molecule has 1 atom stereocenters. The number of thiazole rings is 1. The van der Waals surface area contributed by atoms with Crippen LogP contribution in [0.1, 0.15) is 33.1 Å². The molecule has 0 saturated carbocycles. The average Bonchev–Trinajstić information content (AvgIpc) is 3.30. The Bertz CT molecular complexity index is 1450. The highest BCUT2D eigenvalue weighted by atomic mass is 35.5. The first-order valence-corrected chi connectivity index (χ1v) is 12.0. The van der Waals surface area contributed by atoms with Gasteiger partial charge in [-0.1, -0.05) is 60.1 Å². The number of nitrogens with one attached hydrogen (secondary N) is 1. The number of benzene rings is 3. The molecule has 0 aliphatic rings. The van der Waals surface area contributed by atoms with Crippen molar-refractivity contribution < 1.29 is 22.8 Å². The highest BCUT2D eigenvalue weighted by Crippen LogP contribution is 2.29. The summed E-state index contributed by atoms with van der Waals surface area (Å²) >= 11 is 7.16. The van der Waals surface area contributed by atoms with Crippen LogP contribution >= 0.6 is 22.9 Å². The van der Waals surface area contributed by atoms with Crippen LogP contribution in [0.4, 0.5) is 13.2 Å². The maximum absolute atomic E-state index is 13.4. The molecular weight excluding hydrogens is 511 g/mol. The third-order valence-corrected chi connectivity index (χ3v) is 6.25. The summed E-state index contributed by atoms with van der Waals surface area (Å²) in [6.45, 7) is -0.106. The zero-order valence-electron chi connectivity index (χ0n) is 18.6. The van der Waals surface area contributed by atoms with Gasteiger partial charge in [0.2, 0.25) is 5.91 Å². The SMILES string of the molecule is O=C(N=c1sccn1[C@H](C(=O)NCc1cccc(C(F)(F)F)c1)c1ccccc1)c1cccc(Cl)c1. The summed E-state index contributed by atoms with van der Waals surface area (Å²) in [7, 11) is 0. The fourth-order valence-corrected chi connectivity index (χ4v) is 4.48. The van der Waals surface area contributed by atoms with E-state index >= 15 is 0 Å². The van der Waals surface area contributed by atoms with Crippen molar-refractivity contribution in [1.29, 1.82) is 0 Å². The molecule has 1 N–H and O–H groups in total. The number of halogens is 4. The lowest BCUT2D eigenvalue weighted by atomic mass is 10.1. The first-order chi connectivity index (χ1) is 17.2. The number of hydrogen-bond acceptors (Lipinski definition) is 3. The van der Waals surface area contributed by atoms with E-state index in [0.29, 0.717) is 21.7 Å². The minimum Gasteiger partial charge on any atom is -0.350 e. The second kappa shape index (κ2) is 10.9. The van der Waals surface area contributed by atoms with Gasteiger partial charge in [-0.3, -0.25) is 9.59 Å². The van der Waals surface area contributed by atoms with Gasteiger partial charge in [-0.25, -0.2) is 0 Å². The first kappa shape index (κ1) is 25.4. The van der Waals surface area contributed by atoms with E-state index in [1.165, 1.54) is 29.5 Å². The van der Waals surface area contributed by atoms with Crippen molar-refractivity contribution in [3.63, 3.8) is 0 Å². The van der Waals surface area contributed by atoms with Gasteiger partial charge in [0.1, 0.15) is 6.04 Å². The third kappa shape index (κ3) is 6.10. The molecule has 184 valence electrons. The summed E-state index contributed by atoms with van der Waals surface area (Å²) in [5, 5.41) is 4.81. The Balaban J connectivity index is 1.65. The molecular formula is C26H19ClF3N3O2S. The zero-order valence-corrected chi connectivity index (χ0v) is 20.1. The predicted molar refractivity (Wildman–Crippen MR) is 132 cm³/mol. The van der Waals surface area contributed by atoms with Crippen LogP contribution < -0.4 is 10.1 Å². The van der Waals surface area contributed by atoms with Gasteiger partial charge in [-0.2, -0.15) is 18.2 Å². The second-order valence-electron chi connectivity index (χ2n) is 7.75. The molecule has 36 heavy (non-hydrogen) atoms. The third-order valence-electron chi connectivity index (χ3n) is 5.25. The van der Waals surface area contributed by atoms with Gasteiger partial charge in [0.25, 0.3) is 5.91 Å². The molecule has 0 radical (unpaired) electrons. The van der Waals surface area contributed by atoms with Crippen molar-refractivity contribution >= 4 is 34.8 Å². The molecule has 1 heterocycles. The van der Waals surface area contributed by atoms with Crippen LogP contribution in [0.15, 0.2) is 95.4 Å². The van der Waals surface area contributed by atoms with E-state index in [-0.39, 0.29) is 11.3 Å². The Morgan fingerprint density at radius 1 is 1.00 bits per heavy atom. The van der Waals surface area contributed by atoms with E-state index < -0.39 is 29.6 Å². The molecule has 4 aromatic rings. The van der Waals surface area contributed by atoms with Crippen LogP contribution in [-0.2, 0) is 17.5 Å². The van der Waals surface area contributed by atoms with Gasteiger partial charge in [-0.05, 0) is 41.5 Å². The van der Waals surface area contributed by atoms with E-state index in [1.807, 2.05) is 0 Å². The molecule has 10 heteroatoms. The normalized spacial score (nSPS) is 12.8. The number of aromatic nitrogens is 1. The topological polar surface area (TPSA) is 63.5 Å². The molecule has 1 aromatic heterocycles. The molecule has 0 saturated heterocycles. The Morgan fingerprint density at radius 3 is 2.47 bits per heavy atom. The first-order valence-electron chi connectivity index (χ1n) is 10.7. The summed E-state index contributed by atoms with van der Waals surface area (Å²) < 4.78 is 40.7. The standard InChI is InChI=1S/C26H19ClF3N3O2S/c27-21-11-5-9-19(15-21)23(34)32-25-33(12-13-36-25)22(18-7-2-1-3-8-18)24(35)31-16-17-6-4-10-20(14-17)26(28,29)30/h1-15,22H,16H2,(H,31,35)/t22-/m0/s1. The summed E-state index contributed by atoms with van der Waals surface area (Å²) in [4.78, 5) is 30.6.